The van der Waals surface area contributed by atoms with E-state index in [1.807, 2.05) is 0 Å². The summed E-state index contributed by atoms with van der Waals surface area (Å²) in [5, 5.41) is 26.1. The second kappa shape index (κ2) is 7.53. The Hall–Kier alpha value is -3.43. The van der Waals surface area contributed by atoms with Crippen molar-refractivity contribution >= 4 is 23.3 Å². The Bertz CT molecular complexity index is 952. The van der Waals surface area contributed by atoms with Crippen LogP contribution in [0, 0.1) is 22.0 Å². The van der Waals surface area contributed by atoms with Crippen LogP contribution in [0.5, 0.6) is 11.5 Å². The van der Waals surface area contributed by atoms with E-state index in [1.165, 1.54) is 20.3 Å². The number of esters is 1. The number of ether oxygens (including phenoxy) is 2. The third-order valence-electron chi connectivity index (χ3n) is 5.33. The first-order valence-corrected chi connectivity index (χ1v) is 8.87. The molecule has 0 bridgehead atoms. The molecule has 3 atom stereocenters. The number of hydrogen-bond acceptors (Lipinski definition) is 8. The van der Waals surface area contributed by atoms with Gasteiger partial charge in [-0.2, -0.15) is 0 Å². The predicted molar refractivity (Wildman–Crippen MR) is 95.9 cm³/mol. The molecule has 3 rings (SSSR count). The van der Waals surface area contributed by atoms with Gasteiger partial charge in [0.15, 0.2) is 5.78 Å². The van der Waals surface area contributed by atoms with E-state index >= 15 is 0 Å². The van der Waals surface area contributed by atoms with Gasteiger partial charge in [0.25, 0.3) is 5.69 Å². The third-order valence-corrected chi connectivity index (χ3v) is 5.33. The topological polar surface area (TPSA) is 148 Å². The monoisotopic (exact) mass is 403 g/mol. The minimum atomic E-state index is -1.04. The van der Waals surface area contributed by atoms with Gasteiger partial charge in [-0.05, 0) is 24.0 Å². The molecule has 29 heavy (non-hydrogen) atoms. The number of methoxy groups -OCH3 is 2. The Morgan fingerprint density at radius 2 is 1.93 bits per heavy atom. The summed E-state index contributed by atoms with van der Waals surface area (Å²) in [7, 11) is 2.39. The summed E-state index contributed by atoms with van der Waals surface area (Å²) in [4.78, 5) is 48.0. The van der Waals surface area contributed by atoms with Crippen molar-refractivity contribution in [1.29, 1.82) is 0 Å². The van der Waals surface area contributed by atoms with Crippen molar-refractivity contribution in [3.05, 3.63) is 39.1 Å². The van der Waals surface area contributed by atoms with Crippen LogP contribution in [-0.2, 0) is 19.1 Å². The number of carbonyl (C=O) groups excluding carboxylic acids is 3. The second-order valence-electron chi connectivity index (χ2n) is 7.07. The number of allylic oxidation sites excluding steroid dienone is 2. The van der Waals surface area contributed by atoms with Crippen LogP contribution in [-0.4, -0.2) is 36.8 Å². The quantitative estimate of drug-likeness (QED) is 0.338. The van der Waals surface area contributed by atoms with E-state index in [1.54, 1.807) is 6.92 Å². The summed E-state index contributed by atoms with van der Waals surface area (Å²) in [5.74, 6) is -4.97. The van der Waals surface area contributed by atoms with E-state index in [0.717, 1.165) is 6.07 Å². The van der Waals surface area contributed by atoms with Gasteiger partial charge in [-0.1, -0.05) is 6.92 Å². The van der Waals surface area contributed by atoms with E-state index in [9.17, 15) is 29.6 Å². The molecule has 0 spiro atoms. The number of nitrogens with zero attached hydrogens (tertiary/aromatic N) is 1. The standard InChI is InChI=1S/C19H20N2O8/c1-8-4-11-16(18(24)15(8)19(25)29-3)10(7-14(22)20-11)9-5-12(21(26)27)17(23)13(6-9)28-2/h5-6,8,10,15,23H,4,7H2,1-3H3,(H,20,22)/p-1/t8-,10-,15+/m1/s1. The first-order chi connectivity index (χ1) is 13.7. The van der Waals surface area contributed by atoms with E-state index in [2.05, 4.69) is 5.32 Å². The van der Waals surface area contributed by atoms with Gasteiger partial charge in [-0.3, -0.25) is 24.5 Å². The summed E-state index contributed by atoms with van der Waals surface area (Å²) in [6, 6.07) is 2.35. The molecule has 0 radical (unpaired) electrons. The fraction of sp³-hybridized carbons (Fsp3) is 0.421. The average Bonchev–Trinajstić information content (AvgIpc) is 2.66. The molecule has 2 aliphatic rings. The zero-order chi connectivity index (χ0) is 21.5. The van der Waals surface area contributed by atoms with Gasteiger partial charge in [-0.25, -0.2) is 0 Å². The van der Waals surface area contributed by atoms with Crippen LogP contribution in [0.1, 0.15) is 31.2 Å². The summed E-state index contributed by atoms with van der Waals surface area (Å²) in [6.45, 7) is 1.71. The fourth-order valence-corrected chi connectivity index (χ4v) is 3.98. The molecule has 1 N–H and O–H groups in total. The second-order valence-corrected chi connectivity index (χ2v) is 7.07. The van der Waals surface area contributed by atoms with E-state index in [0.29, 0.717) is 5.70 Å². The number of benzene rings is 1. The van der Waals surface area contributed by atoms with Crippen molar-refractivity contribution in [2.45, 2.75) is 25.7 Å². The van der Waals surface area contributed by atoms with Crippen molar-refractivity contribution in [2.75, 3.05) is 14.2 Å². The van der Waals surface area contributed by atoms with Crippen LogP contribution in [0.3, 0.4) is 0 Å². The van der Waals surface area contributed by atoms with Crippen LogP contribution in [0.15, 0.2) is 23.4 Å². The van der Waals surface area contributed by atoms with Gasteiger partial charge in [-0.15, -0.1) is 0 Å². The summed E-state index contributed by atoms with van der Waals surface area (Å²) < 4.78 is 9.71. The number of amides is 1. The lowest BCUT2D eigenvalue weighted by Crippen LogP contribution is -2.44. The zero-order valence-electron chi connectivity index (χ0n) is 16.0. The molecule has 1 aliphatic heterocycles. The number of ketones is 1. The van der Waals surface area contributed by atoms with Crippen LogP contribution in [0.4, 0.5) is 5.69 Å². The Morgan fingerprint density at radius 3 is 2.52 bits per heavy atom. The first kappa shape index (κ1) is 20.3. The number of nitro benzene ring substituents is 1. The summed E-state index contributed by atoms with van der Waals surface area (Å²) in [5.41, 5.74) is 0.0977. The molecule has 10 heteroatoms. The third kappa shape index (κ3) is 3.41. The highest BCUT2D eigenvalue weighted by atomic mass is 16.6. The normalized spacial score (nSPS) is 23.9. The smallest absolute Gasteiger partial charge is 0.316 e. The highest BCUT2D eigenvalue weighted by Crippen LogP contribution is 2.45. The molecule has 1 amide bonds. The maximum absolute atomic E-state index is 13.2. The minimum Gasteiger partial charge on any atom is -0.865 e. The van der Waals surface area contributed by atoms with Crippen LogP contribution < -0.4 is 15.2 Å². The van der Waals surface area contributed by atoms with E-state index < -0.39 is 39.9 Å². The molecule has 0 aromatic heterocycles. The lowest BCUT2D eigenvalue weighted by Gasteiger charge is -2.36. The molecule has 0 saturated heterocycles. The zero-order valence-corrected chi connectivity index (χ0v) is 16.0. The highest BCUT2D eigenvalue weighted by molar-refractivity contribution is 6.11. The number of hydrogen-bond donors (Lipinski definition) is 1. The molecular formula is C19H19N2O8-. The summed E-state index contributed by atoms with van der Waals surface area (Å²) in [6.07, 6.45) is 0.104. The lowest BCUT2D eigenvalue weighted by molar-refractivity contribution is -0.398. The van der Waals surface area contributed by atoms with E-state index in [-0.39, 0.29) is 41.6 Å². The van der Waals surface area contributed by atoms with Crippen molar-refractivity contribution in [2.24, 2.45) is 11.8 Å². The van der Waals surface area contributed by atoms with Crippen LogP contribution in [0.2, 0.25) is 0 Å². The number of nitro groups is 1. The van der Waals surface area contributed by atoms with Gasteiger partial charge in [0.1, 0.15) is 11.7 Å². The average molecular weight is 403 g/mol. The molecule has 0 unspecified atom stereocenters. The first-order valence-electron chi connectivity index (χ1n) is 8.87. The Labute approximate surface area is 165 Å². The predicted octanol–water partition coefficient (Wildman–Crippen LogP) is 0.933. The molecule has 0 saturated carbocycles. The SMILES string of the molecule is COC(=O)[C@@H]1C(=O)C2=C(C[C@H]1C)NC(=O)C[C@@H]2c1cc(OC)c([O-])c([N+](=O)[O-])c1. The molecule has 154 valence electrons. The number of carbonyl (C=O) groups is 3. The van der Waals surface area contributed by atoms with Gasteiger partial charge in [0.2, 0.25) is 5.91 Å². The number of rotatable bonds is 4. The number of nitrogens with one attached hydrogen (secondary N) is 1. The Morgan fingerprint density at radius 1 is 1.24 bits per heavy atom. The van der Waals surface area contributed by atoms with Gasteiger partial charge in [0, 0.05) is 35.4 Å². The maximum atomic E-state index is 13.2. The van der Waals surface area contributed by atoms with Crippen LogP contribution in [0.25, 0.3) is 0 Å². The van der Waals surface area contributed by atoms with Crippen molar-refractivity contribution in [3.63, 3.8) is 0 Å². The van der Waals surface area contributed by atoms with Crippen LogP contribution >= 0.6 is 0 Å². The molecule has 10 nitrogen and oxygen atoms in total. The Balaban J connectivity index is 2.17. The minimum absolute atomic E-state index is 0.161. The molecule has 1 aromatic rings. The lowest BCUT2D eigenvalue weighted by atomic mass is 9.70. The fourth-order valence-electron chi connectivity index (χ4n) is 3.98. The van der Waals surface area contributed by atoms with Crippen molar-refractivity contribution in [3.8, 4) is 11.5 Å². The molecule has 1 heterocycles. The van der Waals surface area contributed by atoms with Crippen molar-refractivity contribution in [1.82, 2.24) is 5.32 Å². The highest BCUT2D eigenvalue weighted by Gasteiger charge is 2.45. The van der Waals surface area contributed by atoms with Gasteiger partial charge >= 0.3 is 5.97 Å². The largest absolute Gasteiger partial charge is 0.865 e. The van der Waals surface area contributed by atoms with Gasteiger partial charge in [0.05, 0.1) is 19.1 Å². The molecule has 1 aromatic carbocycles. The number of Topliss-reactive ketones (excluding diaryl/α,β-unsaturated/α-hetero) is 1. The van der Waals surface area contributed by atoms with Gasteiger partial charge < -0.3 is 19.9 Å². The summed E-state index contributed by atoms with van der Waals surface area (Å²) >= 11 is 0. The molecular weight excluding hydrogens is 384 g/mol. The molecule has 1 aliphatic carbocycles. The maximum Gasteiger partial charge on any atom is 0.316 e. The van der Waals surface area contributed by atoms with Crippen molar-refractivity contribution < 1.29 is 33.9 Å². The Kier molecular flexibility index (Phi) is 5.27. The molecule has 0 fully saturated rings. The van der Waals surface area contributed by atoms with E-state index in [4.69, 9.17) is 9.47 Å².